The van der Waals surface area contributed by atoms with E-state index in [1.165, 1.54) is 12.1 Å². The zero-order valence-electron chi connectivity index (χ0n) is 12.8. The number of fused-ring (bicyclic) bond motifs is 1. The molecule has 0 radical (unpaired) electrons. The molecule has 0 spiro atoms. The summed E-state index contributed by atoms with van der Waals surface area (Å²) in [5.41, 5.74) is 0.877. The van der Waals surface area contributed by atoms with Gasteiger partial charge in [-0.2, -0.15) is 0 Å². The Hall–Kier alpha value is -2.28. The van der Waals surface area contributed by atoms with Gasteiger partial charge in [-0.3, -0.25) is 4.79 Å². The number of carbonyl (C=O) groups excluding carboxylic acids is 1. The molecule has 1 amide bonds. The Labute approximate surface area is 146 Å². The molecule has 126 valence electrons. The first-order chi connectivity index (χ1) is 11.5. The van der Waals surface area contributed by atoms with Crippen molar-refractivity contribution >= 4 is 21.8 Å². The number of carbonyl (C=O) groups is 1. The van der Waals surface area contributed by atoms with Gasteiger partial charge in [0, 0.05) is 4.47 Å². The smallest absolute Gasteiger partial charge is 0.258 e. The molecular formula is C17H15BrFNO4. The fourth-order valence-electron chi connectivity index (χ4n) is 2.28. The van der Waals surface area contributed by atoms with Gasteiger partial charge in [0.15, 0.2) is 29.7 Å². The number of ether oxygens (including phenoxy) is 3. The molecular weight excluding hydrogens is 381 g/mol. The zero-order valence-corrected chi connectivity index (χ0v) is 14.4. The third kappa shape index (κ3) is 3.79. The first-order valence-electron chi connectivity index (χ1n) is 7.29. The molecule has 3 rings (SSSR count). The molecule has 2 aromatic carbocycles. The van der Waals surface area contributed by atoms with Crippen molar-refractivity contribution in [1.82, 2.24) is 5.32 Å². The summed E-state index contributed by atoms with van der Waals surface area (Å²) in [5.74, 6) is 0.501. The van der Waals surface area contributed by atoms with Crippen molar-refractivity contribution in [2.24, 2.45) is 0 Å². The van der Waals surface area contributed by atoms with Crippen molar-refractivity contribution in [2.45, 2.75) is 13.0 Å². The maximum atomic E-state index is 13.6. The molecule has 1 atom stereocenters. The normalized spacial score (nSPS) is 13.5. The number of hydrogen-bond donors (Lipinski definition) is 1. The molecule has 0 aliphatic carbocycles. The second-order valence-corrected chi connectivity index (χ2v) is 6.18. The third-order valence-electron chi connectivity index (χ3n) is 3.53. The van der Waals surface area contributed by atoms with Crippen LogP contribution in [0.2, 0.25) is 0 Å². The Morgan fingerprint density at radius 1 is 1.29 bits per heavy atom. The lowest BCUT2D eigenvalue weighted by atomic mass is 10.1. The summed E-state index contributed by atoms with van der Waals surface area (Å²) in [7, 11) is 0. The minimum Gasteiger partial charge on any atom is -0.481 e. The van der Waals surface area contributed by atoms with Crippen molar-refractivity contribution < 1.29 is 23.4 Å². The van der Waals surface area contributed by atoms with Crippen LogP contribution in [0.4, 0.5) is 4.39 Å². The molecule has 0 aromatic heterocycles. The predicted octanol–water partition coefficient (Wildman–Crippen LogP) is 3.57. The summed E-state index contributed by atoms with van der Waals surface area (Å²) in [4.78, 5) is 12.0. The van der Waals surface area contributed by atoms with E-state index in [9.17, 15) is 9.18 Å². The Bertz CT molecular complexity index is 768. The van der Waals surface area contributed by atoms with Gasteiger partial charge in [0.25, 0.3) is 5.91 Å². The van der Waals surface area contributed by atoms with Gasteiger partial charge >= 0.3 is 0 Å². The van der Waals surface area contributed by atoms with Gasteiger partial charge in [-0.05, 0) is 42.8 Å². The van der Waals surface area contributed by atoms with Crippen LogP contribution in [0.1, 0.15) is 18.5 Å². The molecule has 0 bridgehead atoms. The first-order valence-corrected chi connectivity index (χ1v) is 8.09. The zero-order chi connectivity index (χ0) is 17.1. The summed E-state index contributed by atoms with van der Waals surface area (Å²) >= 11 is 3.16. The number of hydrogen-bond acceptors (Lipinski definition) is 4. The highest BCUT2D eigenvalue weighted by molar-refractivity contribution is 9.10. The second-order valence-electron chi connectivity index (χ2n) is 5.27. The van der Waals surface area contributed by atoms with Crippen molar-refractivity contribution in [1.29, 1.82) is 0 Å². The van der Waals surface area contributed by atoms with E-state index in [4.69, 9.17) is 14.2 Å². The summed E-state index contributed by atoms with van der Waals surface area (Å²) in [5, 5.41) is 2.80. The molecule has 1 aliphatic rings. The topological polar surface area (TPSA) is 56.8 Å². The number of benzene rings is 2. The highest BCUT2D eigenvalue weighted by Gasteiger charge is 2.17. The van der Waals surface area contributed by atoms with Crippen LogP contribution in [0.5, 0.6) is 17.2 Å². The second kappa shape index (κ2) is 7.09. The summed E-state index contributed by atoms with van der Waals surface area (Å²) in [6.07, 6.45) is 0. The highest BCUT2D eigenvalue weighted by Crippen LogP contribution is 2.34. The van der Waals surface area contributed by atoms with Gasteiger partial charge in [0.2, 0.25) is 6.79 Å². The van der Waals surface area contributed by atoms with E-state index in [1.54, 1.807) is 12.1 Å². The summed E-state index contributed by atoms with van der Waals surface area (Å²) < 4.78 is 30.0. The van der Waals surface area contributed by atoms with Crippen LogP contribution in [0.15, 0.2) is 40.9 Å². The largest absolute Gasteiger partial charge is 0.481 e. The van der Waals surface area contributed by atoms with Crippen molar-refractivity contribution in [2.75, 3.05) is 13.4 Å². The lowest BCUT2D eigenvalue weighted by Gasteiger charge is -2.15. The van der Waals surface area contributed by atoms with Crippen LogP contribution < -0.4 is 19.5 Å². The molecule has 1 heterocycles. The van der Waals surface area contributed by atoms with Crippen LogP contribution in [0.25, 0.3) is 0 Å². The molecule has 0 saturated carbocycles. The lowest BCUT2D eigenvalue weighted by molar-refractivity contribution is -0.123. The van der Waals surface area contributed by atoms with Gasteiger partial charge < -0.3 is 19.5 Å². The van der Waals surface area contributed by atoms with Gasteiger partial charge in [-0.15, -0.1) is 0 Å². The van der Waals surface area contributed by atoms with Crippen molar-refractivity contribution in [3.05, 3.63) is 52.3 Å². The van der Waals surface area contributed by atoms with E-state index in [1.807, 2.05) is 19.1 Å². The summed E-state index contributed by atoms with van der Waals surface area (Å²) in [6, 6.07) is 9.62. The lowest BCUT2D eigenvalue weighted by Crippen LogP contribution is -2.31. The Morgan fingerprint density at radius 2 is 2.08 bits per heavy atom. The molecule has 0 fully saturated rings. The molecule has 0 saturated heterocycles. The Kier molecular flexibility index (Phi) is 4.89. The molecule has 24 heavy (non-hydrogen) atoms. The van der Waals surface area contributed by atoms with Crippen LogP contribution in [0.3, 0.4) is 0 Å². The van der Waals surface area contributed by atoms with Crippen LogP contribution in [-0.4, -0.2) is 19.3 Å². The fourth-order valence-corrected chi connectivity index (χ4v) is 2.62. The average molecular weight is 396 g/mol. The van der Waals surface area contributed by atoms with Crippen LogP contribution in [0, 0.1) is 5.82 Å². The standard InChI is InChI=1S/C17H15BrFNO4/c1-10(11-2-4-15-16(6-11)24-9-23-15)20-17(21)8-22-14-5-3-12(18)7-13(14)19/h2-7,10H,8-9H2,1H3,(H,20,21). The van der Waals surface area contributed by atoms with E-state index in [-0.39, 0.29) is 31.1 Å². The third-order valence-corrected chi connectivity index (χ3v) is 4.02. The predicted molar refractivity (Wildman–Crippen MR) is 88.7 cm³/mol. The first kappa shape index (κ1) is 16.6. The van der Waals surface area contributed by atoms with Gasteiger partial charge in [0.05, 0.1) is 6.04 Å². The van der Waals surface area contributed by atoms with E-state index < -0.39 is 5.82 Å². The van der Waals surface area contributed by atoms with Crippen LogP contribution >= 0.6 is 15.9 Å². The SMILES string of the molecule is CC(NC(=O)COc1ccc(Br)cc1F)c1ccc2c(c1)OCO2. The number of rotatable bonds is 5. The van der Waals surface area contributed by atoms with E-state index in [2.05, 4.69) is 21.2 Å². The maximum absolute atomic E-state index is 13.6. The van der Waals surface area contributed by atoms with Crippen molar-refractivity contribution in [3.8, 4) is 17.2 Å². The van der Waals surface area contributed by atoms with Gasteiger partial charge in [-0.1, -0.05) is 22.0 Å². The molecule has 2 aromatic rings. The van der Waals surface area contributed by atoms with Crippen LogP contribution in [-0.2, 0) is 4.79 Å². The fraction of sp³-hybridized carbons (Fsp3) is 0.235. The molecule has 5 nitrogen and oxygen atoms in total. The van der Waals surface area contributed by atoms with Gasteiger partial charge in [0.1, 0.15) is 0 Å². The number of nitrogens with one attached hydrogen (secondary N) is 1. The molecule has 1 aliphatic heterocycles. The minimum absolute atomic E-state index is 0.0316. The van der Waals surface area contributed by atoms with E-state index in [0.717, 1.165) is 5.56 Å². The molecule has 1 N–H and O–H groups in total. The molecule has 7 heteroatoms. The Balaban J connectivity index is 1.56. The Morgan fingerprint density at radius 3 is 2.88 bits per heavy atom. The van der Waals surface area contributed by atoms with E-state index in [0.29, 0.717) is 16.0 Å². The highest BCUT2D eigenvalue weighted by atomic mass is 79.9. The van der Waals surface area contributed by atoms with Crippen molar-refractivity contribution in [3.63, 3.8) is 0 Å². The molecule has 1 unspecified atom stereocenters. The van der Waals surface area contributed by atoms with E-state index >= 15 is 0 Å². The number of amides is 1. The average Bonchev–Trinajstić information content (AvgIpc) is 3.01. The maximum Gasteiger partial charge on any atom is 0.258 e. The number of halogens is 2. The minimum atomic E-state index is -0.527. The summed E-state index contributed by atoms with van der Waals surface area (Å²) in [6.45, 7) is 1.77. The quantitative estimate of drug-likeness (QED) is 0.840. The van der Waals surface area contributed by atoms with Gasteiger partial charge in [-0.25, -0.2) is 4.39 Å². The monoisotopic (exact) mass is 395 g/mol.